The zero-order chi connectivity index (χ0) is 34.8. The third kappa shape index (κ3) is 4.83. The fourth-order valence-corrected chi connectivity index (χ4v) is 10.6. The van der Waals surface area contributed by atoms with E-state index in [1.54, 1.807) is 0 Å². The first-order chi connectivity index (χ1) is 25.7. The molecule has 0 atom stereocenters. The minimum absolute atomic E-state index is 0.208. The first-order valence-corrected chi connectivity index (χ1v) is 19.5. The number of aromatic nitrogens is 3. The maximum atomic E-state index is 4.90. The van der Waals surface area contributed by atoms with Crippen molar-refractivity contribution in [1.82, 2.24) is 15.4 Å². The molecule has 1 aliphatic carbocycles. The van der Waals surface area contributed by atoms with Crippen LogP contribution < -0.4 is 0 Å². The molecule has 0 unspecified atom stereocenters. The second-order valence-corrected chi connectivity index (χ2v) is 15.9. The van der Waals surface area contributed by atoms with Crippen LogP contribution in [-0.4, -0.2) is 29.9 Å². The molecule has 0 saturated heterocycles. The van der Waals surface area contributed by atoms with Gasteiger partial charge in [0.1, 0.15) is 0 Å². The van der Waals surface area contributed by atoms with E-state index in [0.717, 1.165) is 45.6 Å². The van der Waals surface area contributed by atoms with Crippen LogP contribution in [0.5, 0.6) is 0 Å². The molecule has 1 aliphatic rings. The van der Waals surface area contributed by atoms with Crippen molar-refractivity contribution in [1.29, 1.82) is 0 Å². The van der Waals surface area contributed by atoms with Gasteiger partial charge in [0, 0.05) is 0 Å². The topological polar surface area (TPSA) is 38.7 Å². The SMILES string of the molecule is Cc1cc2c(c(-c3ccc4[se]c5ccccc5c4c3-c3ccccc3-c3nnnc(-c4ccccc4)c3-c3ccccc3)c1C)Cc1ccccc1-2. The summed E-state index contributed by atoms with van der Waals surface area (Å²) in [5.41, 5.74) is 19.0. The summed E-state index contributed by atoms with van der Waals surface area (Å²) in [6.07, 6.45) is 0.926. The van der Waals surface area contributed by atoms with E-state index in [9.17, 15) is 0 Å². The van der Waals surface area contributed by atoms with Crippen LogP contribution >= 0.6 is 0 Å². The van der Waals surface area contributed by atoms with E-state index >= 15 is 0 Å². The van der Waals surface area contributed by atoms with Crippen LogP contribution in [-0.2, 0) is 6.42 Å². The molecular weight excluding hydrogens is 698 g/mol. The fourth-order valence-electron chi connectivity index (χ4n) is 8.29. The molecule has 0 saturated carbocycles. The van der Waals surface area contributed by atoms with Crippen LogP contribution in [0.2, 0.25) is 0 Å². The number of hydrogen-bond acceptors (Lipinski definition) is 3. The Morgan fingerprint density at radius 1 is 0.481 bits per heavy atom. The van der Waals surface area contributed by atoms with Gasteiger partial charge < -0.3 is 0 Å². The van der Waals surface area contributed by atoms with Crippen LogP contribution in [0.4, 0.5) is 0 Å². The summed E-state index contributed by atoms with van der Waals surface area (Å²) < 4.78 is 2.85. The minimum atomic E-state index is 0.208. The molecule has 0 fully saturated rings. The van der Waals surface area contributed by atoms with Gasteiger partial charge in [0.25, 0.3) is 0 Å². The monoisotopic (exact) mass is 731 g/mol. The van der Waals surface area contributed by atoms with Gasteiger partial charge >= 0.3 is 310 Å². The summed E-state index contributed by atoms with van der Waals surface area (Å²) in [5, 5.41) is 16.7. The van der Waals surface area contributed by atoms with E-state index in [4.69, 9.17) is 5.10 Å². The van der Waals surface area contributed by atoms with Crippen molar-refractivity contribution in [3.63, 3.8) is 0 Å². The molecule has 246 valence electrons. The third-order valence-electron chi connectivity index (χ3n) is 10.8. The zero-order valence-corrected chi connectivity index (χ0v) is 30.6. The number of aryl methyl sites for hydroxylation is 1. The normalized spacial score (nSPS) is 12.0. The molecule has 7 aromatic carbocycles. The Balaban J connectivity index is 1.33. The van der Waals surface area contributed by atoms with Crippen molar-refractivity contribution in [2.45, 2.75) is 20.3 Å². The first kappa shape index (κ1) is 30.9. The van der Waals surface area contributed by atoms with Crippen molar-refractivity contribution < 1.29 is 0 Å². The molecule has 0 spiro atoms. The van der Waals surface area contributed by atoms with Gasteiger partial charge in [0.2, 0.25) is 0 Å². The van der Waals surface area contributed by atoms with E-state index in [1.165, 1.54) is 69.4 Å². The third-order valence-corrected chi connectivity index (χ3v) is 13.1. The van der Waals surface area contributed by atoms with Gasteiger partial charge in [0.05, 0.1) is 0 Å². The van der Waals surface area contributed by atoms with Crippen molar-refractivity contribution in [2.75, 3.05) is 0 Å². The Morgan fingerprint density at radius 3 is 1.94 bits per heavy atom. The number of hydrogen-bond donors (Lipinski definition) is 0. The fraction of sp³-hybridized carbons (Fsp3) is 0.0625. The van der Waals surface area contributed by atoms with Gasteiger partial charge in [0.15, 0.2) is 0 Å². The average molecular weight is 731 g/mol. The van der Waals surface area contributed by atoms with Gasteiger partial charge in [-0.05, 0) is 0 Å². The second kappa shape index (κ2) is 12.4. The Bertz CT molecular complexity index is 2840. The summed E-state index contributed by atoms with van der Waals surface area (Å²) in [4.78, 5) is 0. The van der Waals surface area contributed by atoms with E-state index in [2.05, 4.69) is 170 Å². The molecule has 0 aliphatic heterocycles. The molecule has 2 aromatic heterocycles. The average Bonchev–Trinajstić information content (AvgIpc) is 3.77. The zero-order valence-electron chi connectivity index (χ0n) is 28.9. The Morgan fingerprint density at radius 2 is 1.13 bits per heavy atom. The van der Waals surface area contributed by atoms with Crippen molar-refractivity contribution >= 4 is 33.8 Å². The number of nitrogens with zero attached hydrogens (tertiary/aromatic N) is 3. The summed E-state index contributed by atoms with van der Waals surface area (Å²) in [6.45, 7) is 4.58. The van der Waals surface area contributed by atoms with Crippen LogP contribution in [0.3, 0.4) is 0 Å². The molecule has 2 heterocycles. The van der Waals surface area contributed by atoms with Crippen molar-refractivity contribution in [3.8, 4) is 67.0 Å². The van der Waals surface area contributed by atoms with E-state index in [-0.39, 0.29) is 14.5 Å². The van der Waals surface area contributed by atoms with E-state index in [0.29, 0.717) is 0 Å². The van der Waals surface area contributed by atoms with Crippen LogP contribution in [0.1, 0.15) is 22.3 Å². The standard InChI is InChI=1S/C48H33N3Se/c1-29-27-39-34-20-10-9-19-33(34)28-40(39)43(30(29)2)38-25-26-42-46(37-23-13-14-24-41(37)52-42)45(38)35-21-11-12-22-36(35)48-44(31-15-5-3-6-16-31)47(49-51-50-48)32-17-7-4-8-18-32/h3-27H,28H2,1-2H3. The van der Waals surface area contributed by atoms with Gasteiger partial charge in [-0.3, -0.25) is 0 Å². The van der Waals surface area contributed by atoms with Crippen LogP contribution in [0.25, 0.3) is 86.3 Å². The number of benzene rings is 7. The maximum absolute atomic E-state index is 4.90. The quantitative estimate of drug-likeness (QED) is 0.166. The molecule has 9 aromatic rings. The van der Waals surface area contributed by atoms with Gasteiger partial charge in [-0.1, -0.05) is 0 Å². The Labute approximate surface area is 309 Å². The van der Waals surface area contributed by atoms with Crippen molar-refractivity contribution in [2.24, 2.45) is 0 Å². The van der Waals surface area contributed by atoms with Crippen LogP contribution in [0.15, 0.2) is 152 Å². The molecule has 0 amide bonds. The van der Waals surface area contributed by atoms with Crippen molar-refractivity contribution in [3.05, 3.63) is 174 Å². The summed E-state index contributed by atoms with van der Waals surface area (Å²) in [5.74, 6) is 0. The number of rotatable bonds is 5. The predicted molar refractivity (Wildman–Crippen MR) is 217 cm³/mol. The molecular formula is C48H33N3Se. The molecule has 52 heavy (non-hydrogen) atoms. The molecule has 3 nitrogen and oxygen atoms in total. The number of fused-ring (bicyclic) bond motifs is 6. The molecule has 0 N–H and O–H groups in total. The summed E-state index contributed by atoms with van der Waals surface area (Å²) in [7, 11) is 0. The van der Waals surface area contributed by atoms with E-state index in [1.807, 2.05) is 6.07 Å². The van der Waals surface area contributed by atoms with E-state index < -0.39 is 0 Å². The molecule has 10 rings (SSSR count). The molecule has 0 bridgehead atoms. The summed E-state index contributed by atoms with van der Waals surface area (Å²) >= 11 is 0.208. The summed E-state index contributed by atoms with van der Waals surface area (Å²) in [6, 6.07) is 54.8. The molecule has 4 heteroatoms. The van der Waals surface area contributed by atoms with Crippen LogP contribution in [0, 0.1) is 13.8 Å². The first-order valence-electron chi connectivity index (χ1n) is 17.8. The second-order valence-electron chi connectivity index (χ2n) is 13.7. The predicted octanol–water partition coefficient (Wildman–Crippen LogP) is 11.8. The Hall–Kier alpha value is -5.93. The Kier molecular flexibility index (Phi) is 7.35. The van der Waals surface area contributed by atoms with Gasteiger partial charge in [-0.15, -0.1) is 0 Å². The van der Waals surface area contributed by atoms with Gasteiger partial charge in [-0.2, -0.15) is 0 Å². The molecule has 0 radical (unpaired) electrons. The van der Waals surface area contributed by atoms with Gasteiger partial charge in [-0.25, -0.2) is 0 Å².